The van der Waals surface area contributed by atoms with E-state index in [4.69, 9.17) is 0 Å². The Kier molecular flexibility index (Phi) is 6.35. The Morgan fingerprint density at radius 2 is 1.92 bits per heavy atom. The number of hydrogen-bond acceptors (Lipinski definition) is 2. The minimum atomic E-state index is 0.133. The Hall–Kier alpha value is -1.30. The molecule has 24 heavy (non-hydrogen) atoms. The van der Waals surface area contributed by atoms with Crippen molar-refractivity contribution in [2.45, 2.75) is 23.9 Å². The molecule has 2 aromatic rings. The smallest absolute Gasteiger partial charge is 0.230 e. The molecule has 0 aliphatic carbocycles. The van der Waals surface area contributed by atoms with Gasteiger partial charge < -0.3 is 10.2 Å². The Balaban J connectivity index is 1.40. The van der Waals surface area contributed by atoms with Crippen LogP contribution < -0.4 is 10.2 Å². The third-order valence-electron chi connectivity index (χ3n) is 4.23. The fourth-order valence-corrected chi connectivity index (χ4v) is 4.02. The number of rotatable bonds is 6. The molecule has 3 nitrogen and oxygen atoms in total. The fourth-order valence-electron chi connectivity index (χ4n) is 3.05. The molecular formula is C19H22BrN2OS+. The van der Waals surface area contributed by atoms with Crippen molar-refractivity contribution >= 4 is 33.6 Å². The van der Waals surface area contributed by atoms with Crippen LogP contribution in [0.25, 0.3) is 0 Å². The lowest BCUT2D eigenvalue weighted by Crippen LogP contribution is -3.09. The molecule has 0 aromatic heterocycles. The maximum absolute atomic E-state index is 12.2. The Labute approximate surface area is 155 Å². The van der Waals surface area contributed by atoms with E-state index in [1.54, 1.807) is 16.7 Å². The first-order chi connectivity index (χ1) is 11.7. The van der Waals surface area contributed by atoms with Gasteiger partial charge in [-0.05, 0) is 24.3 Å². The number of quaternary nitrogens is 1. The summed E-state index contributed by atoms with van der Waals surface area (Å²) in [6.45, 7) is 3.18. The number of amides is 1. The second-order valence-corrected chi connectivity index (χ2v) is 8.13. The molecule has 2 aromatic carbocycles. The van der Waals surface area contributed by atoms with E-state index in [1.165, 1.54) is 5.56 Å². The molecule has 1 amide bonds. The lowest BCUT2D eigenvalue weighted by Gasteiger charge is -2.14. The third kappa shape index (κ3) is 5.36. The number of benzene rings is 2. The monoisotopic (exact) mass is 405 g/mol. The van der Waals surface area contributed by atoms with Gasteiger partial charge in [0.15, 0.2) is 0 Å². The van der Waals surface area contributed by atoms with Gasteiger partial charge in [0, 0.05) is 21.4 Å². The van der Waals surface area contributed by atoms with Gasteiger partial charge in [-0.15, -0.1) is 11.8 Å². The van der Waals surface area contributed by atoms with Crippen molar-refractivity contribution in [3.63, 3.8) is 0 Å². The molecule has 1 saturated heterocycles. The van der Waals surface area contributed by atoms with Crippen LogP contribution in [-0.2, 0) is 11.3 Å². The van der Waals surface area contributed by atoms with Crippen molar-refractivity contribution in [3.8, 4) is 0 Å². The maximum atomic E-state index is 12.2. The molecule has 0 bridgehead atoms. The predicted octanol–water partition coefficient (Wildman–Crippen LogP) is 2.51. The first kappa shape index (κ1) is 17.5. The van der Waals surface area contributed by atoms with Crippen molar-refractivity contribution in [2.75, 3.05) is 18.8 Å². The number of carbonyl (C=O) groups excluding carboxylic acids is 1. The normalized spacial score (nSPS) is 20.0. The van der Waals surface area contributed by atoms with Crippen LogP contribution in [0.1, 0.15) is 12.0 Å². The Morgan fingerprint density at radius 3 is 2.67 bits per heavy atom. The van der Waals surface area contributed by atoms with Gasteiger partial charge in [-0.1, -0.05) is 46.3 Å². The van der Waals surface area contributed by atoms with Crippen LogP contribution >= 0.6 is 27.7 Å². The molecule has 2 atom stereocenters. The summed E-state index contributed by atoms with van der Waals surface area (Å²) in [5, 5.41) is 3.19. The zero-order valence-corrected chi connectivity index (χ0v) is 15.9. The maximum Gasteiger partial charge on any atom is 0.230 e. The molecular weight excluding hydrogens is 384 g/mol. The molecule has 0 spiro atoms. The first-order valence-corrected chi connectivity index (χ1v) is 10.0. The summed E-state index contributed by atoms with van der Waals surface area (Å²) in [7, 11) is 0. The minimum Gasteiger partial charge on any atom is -0.347 e. The predicted molar refractivity (Wildman–Crippen MR) is 102 cm³/mol. The molecule has 1 unspecified atom stereocenters. The second-order valence-electron chi connectivity index (χ2n) is 6.16. The Bertz CT molecular complexity index is 663. The number of thioether (sulfide) groups is 1. The van der Waals surface area contributed by atoms with E-state index in [1.807, 2.05) is 24.3 Å². The van der Waals surface area contributed by atoms with Gasteiger partial charge in [-0.2, -0.15) is 0 Å². The molecule has 5 heteroatoms. The SMILES string of the molecule is O=C(CSc1ccc(Br)cc1)N[C@H]1CC[NH+](Cc2ccccc2)C1. The molecule has 1 fully saturated rings. The molecule has 126 valence electrons. The van der Waals surface area contributed by atoms with Gasteiger partial charge in [0.1, 0.15) is 6.54 Å². The van der Waals surface area contributed by atoms with E-state index in [0.717, 1.165) is 35.4 Å². The van der Waals surface area contributed by atoms with Gasteiger partial charge in [-0.3, -0.25) is 4.79 Å². The molecule has 2 N–H and O–H groups in total. The van der Waals surface area contributed by atoms with Crippen LogP contribution in [0.5, 0.6) is 0 Å². The lowest BCUT2D eigenvalue weighted by atomic mass is 10.2. The average Bonchev–Trinajstić information content (AvgIpc) is 3.02. The average molecular weight is 406 g/mol. The van der Waals surface area contributed by atoms with Crippen molar-refractivity contribution in [2.24, 2.45) is 0 Å². The summed E-state index contributed by atoms with van der Waals surface area (Å²) in [4.78, 5) is 14.8. The highest BCUT2D eigenvalue weighted by Gasteiger charge is 2.27. The lowest BCUT2D eigenvalue weighted by molar-refractivity contribution is -0.901. The van der Waals surface area contributed by atoms with Crippen molar-refractivity contribution in [1.82, 2.24) is 5.32 Å². The van der Waals surface area contributed by atoms with Gasteiger partial charge in [0.05, 0.1) is 24.9 Å². The van der Waals surface area contributed by atoms with Gasteiger partial charge in [0.25, 0.3) is 0 Å². The molecule has 1 aliphatic rings. The minimum absolute atomic E-state index is 0.133. The summed E-state index contributed by atoms with van der Waals surface area (Å²) in [6.07, 6.45) is 1.07. The summed E-state index contributed by atoms with van der Waals surface area (Å²) in [5.74, 6) is 0.612. The summed E-state index contributed by atoms with van der Waals surface area (Å²) in [5.41, 5.74) is 1.37. The second kappa shape index (κ2) is 8.70. The highest BCUT2D eigenvalue weighted by molar-refractivity contribution is 9.10. The topological polar surface area (TPSA) is 33.5 Å². The van der Waals surface area contributed by atoms with E-state index in [2.05, 4.69) is 51.6 Å². The largest absolute Gasteiger partial charge is 0.347 e. The van der Waals surface area contributed by atoms with Crippen LogP contribution in [0, 0.1) is 0 Å². The van der Waals surface area contributed by atoms with E-state index < -0.39 is 0 Å². The summed E-state index contributed by atoms with van der Waals surface area (Å²) in [6, 6.07) is 18.9. The van der Waals surface area contributed by atoms with E-state index in [0.29, 0.717) is 11.8 Å². The highest BCUT2D eigenvalue weighted by atomic mass is 79.9. The van der Waals surface area contributed by atoms with E-state index in [9.17, 15) is 4.79 Å². The van der Waals surface area contributed by atoms with Gasteiger partial charge in [-0.25, -0.2) is 0 Å². The number of halogens is 1. The molecule has 1 heterocycles. The van der Waals surface area contributed by atoms with E-state index >= 15 is 0 Å². The number of nitrogens with one attached hydrogen (secondary N) is 2. The number of likely N-dealkylation sites (tertiary alicyclic amines) is 1. The Morgan fingerprint density at radius 1 is 1.17 bits per heavy atom. The number of carbonyl (C=O) groups is 1. The van der Waals surface area contributed by atoms with Crippen LogP contribution in [0.4, 0.5) is 0 Å². The highest BCUT2D eigenvalue weighted by Crippen LogP contribution is 2.20. The summed E-state index contributed by atoms with van der Waals surface area (Å²) < 4.78 is 1.06. The van der Waals surface area contributed by atoms with Crippen molar-refractivity contribution in [3.05, 3.63) is 64.6 Å². The first-order valence-electron chi connectivity index (χ1n) is 8.24. The van der Waals surface area contributed by atoms with Gasteiger partial charge in [0.2, 0.25) is 5.91 Å². The third-order valence-corrected chi connectivity index (χ3v) is 5.77. The molecule has 0 saturated carbocycles. The van der Waals surface area contributed by atoms with Crippen LogP contribution in [0.2, 0.25) is 0 Å². The van der Waals surface area contributed by atoms with Crippen molar-refractivity contribution < 1.29 is 9.69 Å². The quantitative estimate of drug-likeness (QED) is 0.723. The summed E-state index contributed by atoms with van der Waals surface area (Å²) >= 11 is 5.01. The standard InChI is InChI=1S/C19H21BrN2OS/c20-16-6-8-18(9-7-16)24-14-19(23)21-17-10-11-22(13-17)12-15-4-2-1-3-5-15/h1-9,17H,10-14H2,(H,21,23)/p+1/t17-/m0/s1. The van der Waals surface area contributed by atoms with Crippen molar-refractivity contribution in [1.29, 1.82) is 0 Å². The van der Waals surface area contributed by atoms with Gasteiger partial charge >= 0.3 is 0 Å². The zero-order chi connectivity index (χ0) is 16.8. The zero-order valence-electron chi connectivity index (χ0n) is 13.5. The van der Waals surface area contributed by atoms with Crippen LogP contribution in [0.15, 0.2) is 64.0 Å². The van der Waals surface area contributed by atoms with E-state index in [-0.39, 0.29) is 5.91 Å². The number of hydrogen-bond donors (Lipinski definition) is 2. The molecule has 0 radical (unpaired) electrons. The van der Waals surface area contributed by atoms with Crippen LogP contribution in [0.3, 0.4) is 0 Å². The molecule has 1 aliphatic heterocycles. The molecule has 3 rings (SSSR count). The fraction of sp³-hybridized carbons (Fsp3) is 0.316. The van der Waals surface area contributed by atoms with Crippen LogP contribution in [-0.4, -0.2) is 30.8 Å².